The van der Waals surface area contributed by atoms with Crippen molar-refractivity contribution in [1.82, 2.24) is 14.5 Å². The second kappa shape index (κ2) is 9.29. The summed E-state index contributed by atoms with van der Waals surface area (Å²) in [4.78, 5) is 15.7. The maximum atomic E-state index is 13.1. The van der Waals surface area contributed by atoms with Crippen LogP contribution in [0.4, 0.5) is 0 Å². The molecule has 2 aromatic rings. The van der Waals surface area contributed by atoms with E-state index in [-0.39, 0.29) is 16.8 Å². The third-order valence-electron chi connectivity index (χ3n) is 6.09. The summed E-state index contributed by atoms with van der Waals surface area (Å²) in [7, 11) is -3.68. The van der Waals surface area contributed by atoms with Crippen molar-refractivity contribution in [2.75, 3.05) is 26.2 Å². The SMILES string of the molecule is O=C(NCC(c1ccccc1)N1CCCC1)C1CCCN1S(=O)(=O)c1ccccc1. The van der Waals surface area contributed by atoms with Crippen molar-refractivity contribution >= 4 is 15.9 Å². The van der Waals surface area contributed by atoms with Gasteiger partial charge in [0.2, 0.25) is 15.9 Å². The maximum absolute atomic E-state index is 13.1. The molecular weight excluding hydrogens is 398 g/mol. The zero-order valence-electron chi connectivity index (χ0n) is 17.1. The number of hydrogen-bond donors (Lipinski definition) is 1. The number of nitrogens with one attached hydrogen (secondary N) is 1. The Labute approximate surface area is 178 Å². The number of likely N-dealkylation sites (tertiary alicyclic amines) is 1. The molecule has 30 heavy (non-hydrogen) atoms. The monoisotopic (exact) mass is 427 g/mol. The molecule has 1 N–H and O–H groups in total. The highest BCUT2D eigenvalue weighted by atomic mass is 32.2. The van der Waals surface area contributed by atoms with Crippen molar-refractivity contribution in [3.8, 4) is 0 Å². The van der Waals surface area contributed by atoms with E-state index in [0.717, 1.165) is 13.1 Å². The second-order valence-electron chi connectivity index (χ2n) is 8.00. The molecule has 0 aliphatic carbocycles. The van der Waals surface area contributed by atoms with E-state index < -0.39 is 16.1 Å². The predicted octanol–water partition coefficient (Wildman–Crippen LogP) is 2.79. The molecule has 2 unspecified atom stereocenters. The topological polar surface area (TPSA) is 69.7 Å². The van der Waals surface area contributed by atoms with Crippen molar-refractivity contribution < 1.29 is 13.2 Å². The molecule has 2 fully saturated rings. The fourth-order valence-electron chi connectivity index (χ4n) is 4.52. The molecule has 0 aromatic heterocycles. The molecular formula is C23H29N3O3S. The molecule has 0 spiro atoms. The van der Waals surface area contributed by atoms with E-state index in [0.29, 0.717) is 25.9 Å². The van der Waals surface area contributed by atoms with Crippen molar-refractivity contribution in [3.63, 3.8) is 0 Å². The lowest BCUT2D eigenvalue weighted by Crippen LogP contribution is -2.47. The summed E-state index contributed by atoms with van der Waals surface area (Å²) < 4.78 is 27.5. The van der Waals surface area contributed by atoms with Crippen LogP contribution in [-0.2, 0) is 14.8 Å². The van der Waals surface area contributed by atoms with Crippen molar-refractivity contribution in [2.45, 2.75) is 42.7 Å². The van der Waals surface area contributed by atoms with Crippen LogP contribution in [-0.4, -0.2) is 55.8 Å². The van der Waals surface area contributed by atoms with E-state index in [2.05, 4.69) is 22.3 Å². The van der Waals surface area contributed by atoms with Crippen molar-refractivity contribution in [3.05, 3.63) is 66.2 Å². The Kier molecular flexibility index (Phi) is 6.51. The van der Waals surface area contributed by atoms with Gasteiger partial charge >= 0.3 is 0 Å². The first-order chi connectivity index (χ1) is 14.6. The van der Waals surface area contributed by atoms with E-state index in [1.54, 1.807) is 30.3 Å². The fraction of sp³-hybridized carbons (Fsp3) is 0.435. The highest BCUT2D eigenvalue weighted by Crippen LogP contribution is 2.27. The molecule has 6 nitrogen and oxygen atoms in total. The van der Waals surface area contributed by atoms with Crippen molar-refractivity contribution in [2.24, 2.45) is 0 Å². The van der Waals surface area contributed by atoms with Crippen LogP contribution in [0.2, 0.25) is 0 Å². The molecule has 0 radical (unpaired) electrons. The molecule has 160 valence electrons. The molecule has 0 saturated carbocycles. The smallest absolute Gasteiger partial charge is 0.243 e. The molecule has 2 saturated heterocycles. The predicted molar refractivity (Wildman–Crippen MR) is 116 cm³/mol. The largest absolute Gasteiger partial charge is 0.353 e. The minimum Gasteiger partial charge on any atom is -0.353 e. The van der Waals surface area contributed by atoms with Gasteiger partial charge < -0.3 is 5.32 Å². The van der Waals surface area contributed by atoms with E-state index >= 15 is 0 Å². The molecule has 0 bridgehead atoms. The summed E-state index contributed by atoms with van der Waals surface area (Å²) in [6.07, 6.45) is 3.59. The first-order valence-electron chi connectivity index (χ1n) is 10.7. The molecule has 2 heterocycles. The van der Waals surface area contributed by atoms with Crippen LogP contribution in [0.1, 0.15) is 37.3 Å². The van der Waals surface area contributed by atoms with Crippen LogP contribution in [0, 0.1) is 0 Å². The number of hydrogen-bond acceptors (Lipinski definition) is 4. The van der Waals surface area contributed by atoms with Gasteiger partial charge in [-0.15, -0.1) is 0 Å². The van der Waals surface area contributed by atoms with Crippen LogP contribution in [0.15, 0.2) is 65.6 Å². The van der Waals surface area contributed by atoms with E-state index in [9.17, 15) is 13.2 Å². The minimum absolute atomic E-state index is 0.109. The Hall–Kier alpha value is -2.22. The third kappa shape index (κ3) is 4.43. The van der Waals surface area contributed by atoms with Gasteiger partial charge in [0.1, 0.15) is 6.04 Å². The molecule has 2 atom stereocenters. The van der Waals surface area contributed by atoms with Crippen LogP contribution in [0.3, 0.4) is 0 Å². The van der Waals surface area contributed by atoms with Crippen LogP contribution < -0.4 is 5.32 Å². The number of sulfonamides is 1. The Balaban J connectivity index is 1.47. The summed E-state index contributed by atoms with van der Waals surface area (Å²) in [5, 5.41) is 3.07. The minimum atomic E-state index is -3.68. The Morgan fingerprint density at radius 2 is 1.57 bits per heavy atom. The molecule has 2 aliphatic heterocycles. The quantitative estimate of drug-likeness (QED) is 0.738. The zero-order chi connectivity index (χ0) is 21.0. The van der Waals surface area contributed by atoms with Crippen molar-refractivity contribution in [1.29, 1.82) is 0 Å². The summed E-state index contributed by atoms with van der Waals surface area (Å²) in [5.74, 6) is -0.202. The van der Waals surface area contributed by atoms with Gasteiger partial charge in [-0.1, -0.05) is 48.5 Å². The number of benzene rings is 2. The molecule has 1 amide bonds. The van der Waals surface area contributed by atoms with Crippen LogP contribution >= 0.6 is 0 Å². The molecule has 2 aliphatic rings. The highest BCUT2D eigenvalue weighted by molar-refractivity contribution is 7.89. The maximum Gasteiger partial charge on any atom is 0.243 e. The number of rotatable bonds is 7. The van der Waals surface area contributed by atoms with E-state index in [4.69, 9.17) is 0 Å². The average Bonchev–Trinajstić information content (AvgIpc) is 3.48. The Morgan fingerprint density at radius 1 is 0.933 bits per heavy atom. The van der Waals surface area contributed by atoms with Gasteiger partial charge in [0.25, 0.3) is 0 Å². The number of carbonyl (C=O) groups is 1. The fourth-order valence-corrected chi connectivity index (χ4v) is 6.20. The van der Waals surface area contributed by atoms with Gasteiger partial charge in [-0.2, -0.15) is 4.31 Å². The van der Waals surface area contributed by atoms with Gasteiger partial charge in [0.15, 0.2) is 0 Å². The van der Waals surface area contributed by atoms with Crippen LogP contribution in [0.25, 0.3) is 0 Å². The number of amides is 1. The van der Waals surface area contributed by atoms with E-state index in [1.807, 2.05) is 18.2 Å². The van der Waals surface area contributed by atoms with Gasteiger partial charge in [0, 0.05) is 13.1 Å². The van der Waals surface area contributed by atoms with Crippen LogP contribution in [0.5, 0.6) is 0 Å². The standard InChI is InChI=1S/C23H29N3O3S/c27-23(21-14-9-17-26(21)30(28,29)20-12-5-2-6-13-20)24-18-22(25-15-7-8-16-25)19-10-3-1-4-11-19/h1-6,10-13,21-22H,7-9,14-18H2,(H,24,27). The van der Waals surface area contributed by atoms with Gasteiger partial charge in [-0.3, -0.25) is 9.69 Å². The molecule has 7 heteroatoms. The third-order valence-corrected chi connectivity index (χ3v) is 8.01. The zero-order valence-corrected chi connectivity index (χ0v) is 17.9. The Morgan fingerprint density at radius 3 is 2.23 bits per heavy atom. The summed E-state index contributed by atoms with van der Waals surface area (Å²) in [6, 6.07) is 18.1. The van der Waals surface area contributed by atoms with E-state index in [1.165, 1.54) is 22.7 Å². The normalized spacial score (nSPS) is 21.5. The lowest BCUT2D eigenvalue weighted by molar-refractivity contribution is -0.124. The average molecular weight is 428 g/mol. The highest BCUT2D eigenvalue weighted by Gasteiger charge is 2.39. The molecule has 4 rings (SSSR count). The number of carbonyl (C=O) groups excluding carboxylic acids is 1. The molecule has 2 aromatic carbocycles. The summed E-state index contributed by atoms with van der Waals surface area (Å²) in [6.45, 7) is 2.91. The van der Waals surface area contributed by atoms with Gasteiger partial charge in [-0.05, 0) is 56.5 Å². The lowest BCUT2D eigenvalue weighted by atomic mass is 10.1. The summed E-state index contributed by atoms with van der Waals surface area (Å²) in [5.41, 5.74) is 1.18. The number of nitrogens with zero attached hydrogens (tertiary/aromatic N) is 2. The first kappa shape index (κ1) is 21.0. The van der Waals surface area contributed by atoms with Gasteiger partial charge in [0.05, 0.1) is 10.9 Å². The Bertz CT molecular complexity index is 944. The lowest BCUT2D eigenvalue weighted by Gasteiger charge is -2.29. The summed E-state index contributed by atoms with van der Waals surface area (Å²) >= 11 is 0. The second-order valence-corrected chi connectivity index (χ2v) is 9.89. The van der Waals surface area contributed by atoms with Gasteiger partial charge in [-0.25, -0.2) is 8.42 Å². The first-order valence-corrected chi connectivity index (χ1v) is 12.1.